The van der Waals surface area contributed by atoms with Crippen LogP contribution in [0, 0.1) is 3.57 Å². The van der Waals surface area contributed by atoms with Gasteiger partial charge in [0, 0.05) is 79.8 Å². The van der Waals surface area contributed by atoms with Crippen LogP contribution in [0.25, 0.3) is 82.5 Å². The minimum absolute atomic E-state index is 1.09. The van der Waals surface area contributed by atoms with Gasteiger partial charge in [0.25, 0.3) is 0 Å². The van der Waals surface area contributed by atoms with Gasteiger partial charge in [-0.05, 0) is 138 Å². The van der Waals surface area contributed by atoms with Crippen molar-refractivity contribution >= 4 is 120 Å². The van der Waals surface area contributed by atoms with Gasteiger partial charge in [-0.1, -0.05) is 111 Å². The molecule has 7 heteroatoms. The third kappa shape index (κ3) is 7.07. The molecular weight excluding hydrogens is 967 g/mol. The van der Waals surface area contributed by atoms with E-state index in [0.717, 1.165) is 8.95 Å². The number of nitrogens with zero attached hydrogens (tertiary/aromatic N) is 3. The van der Waals surface area contributed by atoms with E-state index in [1.165, 1.54) is 86.0 Å². The number of aromatic nitrogens is 4. The Kier molecular flexibility index (Phi) is 10.2. The van der Waals surface area contributed by atoms with E-state index < -0.39 is 0 Å². The predicted octanol–water partition coefficient (Wildman–Crippen LogP) is 15.8. The van der Waals surface area contributed by atoms with E-state index in [2.05, 4.69) is 255 Å². The number of hydrogen-bond donors (Lipinski definition) is 1. The van der Waals surface area contributed by atoms with Crippen molar-refractivity contribution in [2.24, 2.45) is 0 Å². The quantitative estimate of drug-likeness (QED) is 0.171. The first kappa shape index (κ1) is 37.4. The first-order valence-electron chi connectivity index (χ1n) is 19.3. The molecule has 0 atom stereocenters. The normalized spacial score (nSPS) is 11.3. The maximum absolute atomic E-state index is 3.68. The summed E-state index contributed by atoms with van der Waals surface area (Å²) < 4.78 is 10.3. The zero-order valence-corrected chi connectivity index (χ0v) is 36.9. The Morgan fingerprint density at radius 3 is 1.49 bits per heavy atom. The molecule has 0 bridgehead atoms. The lowest BCUT2D eigenvalue weighted by Gasteiger charge is -2.08. The molecule has 4 nitrogen and oxygen atoms in total. The fraction of sp³-hybridized carbons (Fsp3) is 0. The Morgan fingerprint density at radius 2 is 0.881 bits per heavy atom. The van der Waals surface area contributed by atoms with E-state index in [0.29, 0.717) is 0 Å². The first-order valence-corrected chi connectivity index (χ1v) is 22.0. The molecule has 0 aliphatic carbocycles. The van der Waals surface area contributed by atoms with E-state index in [1.54, 1.807) is 0 Å². The molecule has 0 radical (unpaired) electrons. The first-order chi connectivity index (χ1) is 29.0. The van der Waals surface area contributed by atoms with Crippen molar-refractivity contribution in [3.63, 3.8) is 0 Å². The van der Waals surface area contributed by atoms with Gasteiger partial charge in [0.05, 0.1) is 27.6 Å². The molecule has 0 fully saturated rings. The van der Waals surface area contributed by atoms with Gasteiger partial charge in [-0.2, -0.15) is 0 Å². The molecule has 0 spiro atoms. The average molecular weight is 1000 g/mol. The number of rotatable bonds is 3. The summed E-state index contributed by atoms with van der Waals surface area (Å²) in [7, 11) is 0. The third-order valence-electron chi connectivity index (χ3n) is 10.8. The van der Waals surface area contributed by atoms with Crippen LogP contribution in [-0.2, 0) is 0 Å². The lowest BCUT2D eigenvalue weighted by atomic mass is 10.1. The lowest BCUT2D eigenvalue weighted by Crippen LogP contribution is -1.93. The highest BCUT2D eigenvalue weighted by Crippen LogP contribution is 2.39. The lowest BCUT2D eigenvalue weighted by molar-refractivity contribution is 1.13. The SMILES string of the molecule is Brc1ccc2[nH]c3c(ccc4c3ccn4-c3ccccc3)c2c1.Brc1ccc2c(c1)c1c3ccn(-c4ccccc4)c3ccc1n2-c1ccccc1.Ic1ccccc1. The molecule has 0 unspecified atom stereocenters. The van der Waals surface area contributed by atoms with Crippen molar-refractivity contribution in [2.45, 2.75) is 0 Å². The molecule has 0 saturated carbocycles. The average Bonchev–Trinajstić information content (AvgIpc) is 4.07. The highest BCUT2D eigenvalue weighted by molar-refractivity contribution is 14.1. The van der Waals surface area contributed by atoms with Crippen LogP contribution in [0.3, 0.4) is 0 Å². The van der Waals surface area contributed by atoms with Gasteiger partial charge in [-0.25, -0.2) is 0 Å². The van der Waals surface area contributed by atoms with Crippen LogP contribution in [0.2, 0.25) is 0 Å². The molecule has 0 aliphatic heterocycles. The van der Waals surface area contributed by atoms with Gasteiger partial charge in [0.15, 0.2) is 0 Å². The largest absolute Gasteiger partial charge is 0.354 e. The minimum Gasteiger partial charge on any atom is -0.354 e. The van der Waals surface area contributed by atoms with Crippen LogP contribution in [0.15, 0.2) is 215 Å². The summed E-state index contributed by atoms with van der Waals surface area (Å²) in [5, 5.41) is 7.58. The fourth-order valence-electron chi connectivity index (χ4n) is 8.16. The number of hydrogen-bond acceptors (Lipinski definition) is 0. The summed E-state index contributed by atoms with van der Waals surface area (Å²) in [6, 6.07) is 68.0. The number of H-pyrrole nitrogens is 1. The summed E-state index contributed by atoms with van der Waals surface area (Å²) in [5.41, 5.74) is 10.8. The Hall–Kier alpha value is -5.87. The summed E-state index contributed by atoms with van der Waals surface area (Å²) in [6.45, 7) is 0. The Morgan fingerprint density at radius 1 is 0.390 bits per heavy atom. The van der Waals surface area contributed by atoms with Crippen molar-refractivity contribution in [1.82, 2.24) is 18.7 Å². The molecule has 12 aromatic rings. The summed E-state index contributed by atoms with van der Waals surface area (Å²) >= 11 is 9.52. The van der Waals surface area contributed by atoms with E-state index >= 15 is 0 Å². The van der Waals surface area contributed by atoms with Crippen LogP contribution in [0.4, 0.5) is 0 Å². The van der Waals surface area contributed by atoms with Crippen molar-refractivity contribution in [3.8, 4) is 17.1 Å². The minimum atomic E-state index is 1.09. The van der Waals surface area contributed by atoms with Crippen LogP contribution >= 0.6 is 54.5 Å². The van der Waals surface area contributed by atoms with Crippen molar-refractivity contribution in [3.05, 3.63) is 219 Å². The molecule has 8 aromatic carbocycles. The van der Waals surface area contributed by atoms with Gasteiger partial charge in [-0.15, -0.1) is 0 Å². The van der Waals surface area contributed by atoms with E-state index in [-0.39, 0.29) is 0 Å². The maximum Gasteiger partial charge on any atom is 0.0560 e. The molecule has 59 heavy (non-hydrogen) atoms. The molecule has 12 rings (SSSR count). The molecule has 4 aromatic heterocycles. The summed E-state index contributed by atoms with van der Waals surface area (Å²) in [5.74, 6) is 0. The molecule has 0 amide bonds. The second-order valence-electron chi connectivity index (χ2n) is 14.3. The number of nitrogens with one attached hydrogen (secondary N) is 1. The standard InChI is InChI=1S/C26H17BrN2.C20H13BrN2.C6H5I/c27-18-11-12-24-22(17-18)26-21-15-16-28(19-7-3-1-4-8-19)23(21)13-14-25(26)29(24)20-9-5-2-6-10-20;21-13-6-8-18-17(12-13)15-7-9-19-16(20(15)22-18)10-11-23(19)14-4-2-1-3-5-14;7-6-4-2-1-3-5-6/h1-17H;1-12,22H;1-5H. The van der Waals surface area contributed by atoms with E-state index in [4.69, 9.17) is 0 Å². The molecular formula is C52H35Br2IN4. The maximum atomic E-state index is 3.68. The molecule has 4 heterocycles. The Balaban J connectivity index is 0.000000125. The van der Waals surface area contributed by atoms with Crippen molar-refractivity contribution < 1.29 is 0 Å². The monoisotopic (exact) mass is 1000 g/mol. The van der Waals surface area contributed by atoms with Crippen molar-refractivity contribution in [2.75, 3.05) is 0 Å². The number of aromatic amines is 1. The van der Waals surface area contributed by atoms with Crippen LogP contribution < -0.4 is 0 Å². The number of para-hydroxylation sites is 3. The van der Waals surface area contributed by atoms with Gasteiger partial charge >= 0.3 is 0 Å². The zero-order valence-electron chi connectivity index (χ0n) is 31.6. The van der Waals surface area contributed by atoms with Gasteiger partial charge < -0.3 is 18.7 Å². The smallest absolute Gasteiger partial charge is 0.0560 e. The fourth-order valence-corrected chi connectivity index (χ4v) is 9.30. The summed E-state index contributed by atoms with van der Waals surface area (Å²) in [4.78, 5) is 3.58. The number of benzene rings is 8. The zero-order chi connectivity index (χ0) is 39.9. The van der Waals surface area contributed by atoms with Gasteiger partial charge in [-0.3, -0.25) is 0 Å². The summed E-state index contributed by atoms with van der Waals surface area (Å²) in [6.07, 6.45) is 4.31. The molecule has 284 valence electrons. The number of halogens is 3. The van der Waals surface area contributed by atoms with Gasteiger partial charge in [0.1, 0.15) is 0 Å². The second-order valence-corrected chi connectivity index (χ2v) is 17.4. The van der Waals surface area contributed by atoms with Crippen LogP contribution in [0.5, 0.6) is 0 Å². The Labute approximate surface area is 371 Å². The molecule has 1 N–H and O–H groups in total. The van der Waals surface area contributed by atoms with Crippen molar-refractivity contribution in [1.29, 1.82) is 0 Å². The van der Waals surface area contributed by atoms with Crippen LogP contribution in [0.1, 0.15) is 0 Å². The molecule has 0 saturated heterocycles. The van der Waals surface area contributed by atoms with Gasteiger partial charge in [0.2, 0.25) is 0 Å². The third-order valence-corrected chi connectivity index (χ3v) is 12.5. The van der Waals surface area contributed by atoms with Crippen LogP contribution in [-0.4, -0.2) is 18.7 Å². The highest BCUT2D eigenvalue weighted by atomic mass is 127. The second kappa shape index (κ2) is 16.1. The van der Waals surface area contributed by atoms with E-state index in [9.17, 15) is 0 Å². The number of fused-ring (bicyclic) bond motifs is 10. The van der Waals surface area contributed by atoms with E-state index in [1.807, 2.05) is 24.3 Å². The Bertz CT molecular complexity index is 3400. The molecule has 0 aliphatic rings. The highest BCUT2D eigenvalue weighted by Gasteiger charge is 2.17. The topological polar surface area (TPSA) is 30.6 Å². The predicted molar refractivity (Wildman–Crippen MR) is 265 cm³/mol.